The van der Waals surface area contributed by atoms with E-state index in [9.17, 15) is 19.2 Å². The van der Waals surface area contributed by atoms with Crippen LogP contribution in [0.25, 0.3) is 0 Å². The number of nitrogens with two attached hydrogens (primary N) is 1. The molecule has 0 aliphatic carbocycles. The summed E-state index contributed by atoms with van der Waals surface area (Å²) in [6.07, 6.45) is -0.739. The van der Waals surface area contributed by atoms with E-state index in [-0.39, 0.29) is 25.6 Å². The lowest BCUT2D eigenvalue weighted by molar-refractivity contribution is -0.140. The lowest BCUT2D eigenvalue weighted by Crippen LogP contribution is -2.55. The second kappa shape index (κ2) is 8.07. The van der Waals surface area contributed by atoms with Crippen molar-refractivity contribution in [3.05, 3.63) is 35.9 Å². The number of nitrogens with zero attached hydrogens (tertiary/aromatic N) is 2. The van der Waals surface area contributed by atoms with E-state index in [2.05, 4.69) is 5.32 Å². The van der Waals surface area contributed by atoms with Gasteiger partial charge in [0.05, 0.1) is 0 Å². The summed E-state index contributed by atoms with van der Waals surface area (Å²) in [7, 11) is 0. The van der Waals surface area contributed by atoms with Gasteiger partial charge >= 0.3 is 6.09 Å². The molecule has 1 unspecified atom stereocenters. The van der Waals surface area contributed by atoms with E-state index in [0.717, 1.165) is 5.56 Å². The maximum Gasteiger partial charge on any atom is 0.407 e. The highest BCUT2D eigenvalue weighted by molar-refractivity contribution is 5.95. The number of ether oxygens (including phenoxy) is 1. The summed E-state index contributed by atoms with van der Waals surface area (Å²) >= 11 is 0. The van der Waals surface area contributed by atoms with Gasteiger partial charge in [-0.25, -0.2) is 4.79 Å². The van der Waals surface area contributed by atoms with Gasteiger partial charge in [0.25, 0.3) is 0 Å². The van der Waals surface area contributed by atoms with Gasteiger partial charge < -0.3 is 25.6 Å². The number of carbonyl (C=O) groups is 4. The summed E-state index contributed by atoms with van der Waals surface area (Å²) in [4.78, 5) is 50.6. The highest BCUT2D eigenvalue weighted by Gasteiger charge is 2.51. The molecule has 1 aromatic rings. The highest BCUT2D eigenvalue weighted by Crippen LogP contribution is 2.31. The summed E-state index contributed by atoms with van der Waals surface area (Å²) < 4.78 is 5.06. The Morgan fingerprint density at radius 2 is 1.85 bits per heavy atom. The topological polar surface area (TPSA) is 122 Å². The minimum Gasteiger partial charge on any atom is -0.445 e. The maximum atomic E-state index is 12.6. The fourth-order valence-electron chi connectivity index (χ4n) is 3.17. The average molecular weight is 376 g/mol. The molecule has 1 aliphatic heterocycles. The molecule has 4 amide bonds. The van der Waals surface area contributed by atoms with Crippen LogP contribution < -0.4 is 11.1 Å². The van der Waals surface area contributed by atoms with Gasteiger partial charge in [-0.1, -0.05) is 30.3 Å². The van der Waals surface area contributed by atoms with Crippen molar-refractivity contribution in [2.45, 2.75) is 39.1 Å². The lowest BCUT2D eigenvalue weighted by atomic mass is 10.2. The number of carbonyl (C=O) groups excluding carboxylic acids is 4. The molecule has 2 rings (SSSR count). The first-order valence-electron chi connectivity index (χ1n) is 8.51. The molecule has 0 radical (unpaired) electrons. The Hall–Kier alpha value is -3.10. The Morgan fingerprint density at radius 3 is 2.44 bits per heavy atom. The number of hydrogen-bond acceptors (Lipinski definition) is 5. The number of primary amides is 1. The summed E-state index contributed by atoms with van der Waals surface area (Å²) in [6.45, 7) is 4.31. The van der Waals surface area contributed by atoms with Gasteiger partial charge in [0, 0.05) is 0 Å². The number of benzene rings is 1. The van der Waals surface area contributed by atoms with Crippen LogP contribution in [0.3, 0.4) is 0 Å². The molecule has 3 N–H and O–H groups in total. The Kier molecular flexibility index (Phi) is 6.04. The van der Waals surface area contributed by atoms with Crippen molar-refractivity contribution >= 4 is 23.8 Å². The molecule has 9 heteroatoms. The molecule has 9 nitrogen and oxygen atoms in total. The Labute approximate surface area is 157 Å². The van der Waals surface area contributed by atoms with E-state index in [4.69, 9.17) is 10.5 Å². The molecule has 0 saturated carbocycles. The van der Waals surface area contributed by atoms with Crippen molar-refractivity contribution in [3.63, 3.8) is 0 Å². The van der Waals surface area contributed by atoms with E-state index in [1.165, 1.54) is 9.80 Å². The standard InChI is InChI=1S/C18H24N4O5/c1-12-16(25)21(10-14(19)23)18(2,3)22(12)15(24)9-20-17(26)27-11-13-7-5-4-6-8-13/h4-8,12H,9-11H2,1-3H3,(H2,19,23)(H,20,26). The van der Waals surface area contributed by atoms with Crippen molar-refractivity contribution in [2.75, 3.05) is 13.1 Å². The van der Waals surface area contributed by atoms with E-state index in [1.807, 2.05) is 30.3 Å². The summed E-state index contributed by atoms with van der Waals surface area (Å²) in [5.41, 5.74) is 4.97. The molecular formula is C18H24N4O5. The third-order valence-electron chi connectivity index (χ3n) is 4.44. The predicted molar refractivity (Wildman–Crippen MR) is 95.9 cm³/mol. The minimum absolute atomic E-state index is 0.0807. The molecule has 1 saturated heterocycles. The Balaban J connectivity index is 1.93. The zero-order chi connectivity index (χ0) is 20.2. The number of rotatable bonds is 6. The van der Waals surface area contributed by atoms with Crippen molar-refractivity contribution in [1.29, 1.82) is 0 Å². The fraction of sp³-hybridized carbons (Fsp3) is 0.444. The molecule has 1 heterocycles. The molecule has 1 aromatic carbocycles. The van der Waals surface area contributed by atoms with Gasteiger partial charge in [0.15, 0.2) is 0 Å². The fourth-order valence-corrected chi connectivity index (χ4v) is 3.17. The van der Waals surface area contributed by atoms with E-state index in [1.54, 1.807) is 20.8 Å². The minimum atomic E-state index is -1.04. The van der Waals surface area contributed by atoms with Crippen molar-refractivity contribution in [1.82, 2.24) is 15.1 Å². The SMILES string of the molecule is CC1C(=O)N(CC(N)=O)C(C)(C)N1C(=O)CNC(=O)OCc1ccccc1. The van der Waals surface area contributed by atoms with Crippen molar-refractivity contribution in [2.24, 2.45) is 5.73 Å². The number of alkyl carbamates (subject to hydrolysis) is 1. The van der Waals surface area contributed by atoms with Crippen LogP contribution in [0.5, 0.6) is 0 Å². The van der Waals surface area contributed by atoms with Gasteiger partial charge in [-0.15, -0.1) is 0 Å². The van der Waals surface area contributed by atoms with Crippen LogP contribution in [0.1, 0.15) is 26.3 Å². The van der Waals surface area contributed by atoms with E-state index in [0.29, 0.717) is 0 Å². The molecule has 0 bridgehead atoms. The average Bonchev–Trinajstić information content (AvgIpc) is 2.78. The second-order valence-corrected chi connectivity index (χ2v) is 6.74. The number of nitrogens with one attached hydrogen (secondary N) is 1. The van der Waals surface area contributed by atoms with Gasteiger partial charge in [0.2, 0.25) is 17.7 Å². The van der Waals surface area contributed by atoms with Crippen LogP contribution >= 0.6 is 0 Å². The molecular weight excluding hydrogens is 352 g/mol. The predicted octanol–water partition coefficient (Wildman–Crippen LogP) is 0.194. The first-order chi connectivity index (χ1) is 12.6. The molecule has 27 heavy (non-hydrogen) atoms. The number of amides is 4. The van der Waals surface area contributed by atoms with E-state index >= 15 is 0 Å². The molecule has 1 atom stereocenters. The van der Waals surface area contributed by atoms with Crippen LogP contribution in [0.15, 0.2) is 30.3 Å². The van der Waals surface area contributed by atoms with Crippen molar-refractivity contribution in [3.8, 4) is 0 Å². The van der Waals surface area contributed by atoms with Gasteiger partial charge in [-0.3, -0.25) is 14.4 Å². The summed E-state index contributed by atoms with van der Waals surface area (Å²) in [6, 6.07) is 8.35. The molecule has 0 aromatic heterocycles. The van der Waals surface area contributed by atoms with E-state index < -0.39 is 29.6 Å². The zero-order valence-electron chi connectivity index (χ0n) is 15.6. The van der Waals surface area contributed by atoms with Crippen LogP contribution in [0.2, 0.25) is 0 Å². The van der Waals surface area contributed by atoms with Gasteiger partial charge in [-0.2, -0.15) is 0 Å². The zero-order valence-corrected chi connectivity index (χ0v) is 15.6. The lowest BCUT2D eigenvalue weighted by Gasteiger charge is -2.37. The first kappa shape index (κ1) is 20.2. The Bertz CT molecular complexity index is 735. The summed E-state index contributed by atoms with van der Waals surface area (Å²) in [5, 5.41) is 2.38. The molecule has 1 fully saturated rings. The highest BCUT2D eigenvalue weighted by atomic mass is 16.5. The van der Waals surface area contributed by atoms with Crippen LogP contribution in [0.4, 0.5) is 4.79 Å². The molecule has 146 valence electrons. The Morgan fingerprint density at radius 1 is 1.22 bits per heavy atom. The van der Waals surface area contributed by atoms with Gasteiger partial charge in [-0.05, 0) is 26.3 Å². The van der Waals surface area contributed by atoms with Crippen molar-refractivity contribution < 1.29 is 23.9 Å². The molecule has 1 aliphatic rings. The molecule has 0 spiro atoms. The normalized spacial score (nSPS) is 18.3. The smallest absolute Gasteiger partial charge is 0.407 e. The number of hydrogen-bond donors (Lipinski definition) is 2. The first-order valence-corrected chi connectivity index (χ1v) is 8.51. The van der Waals surface area contributed by atoms with Crippen LogP contribution in [-0.4, -0.2) is 58.4 Å². The summed E-state index contributed by atoms with van der Waals surface area (Å²) in [5.74, 6) is -1.51. The monoisotopic (exact) mass is 376 g/mol. The maximum absolute atomic E-state index is 12.6. The quantitative estimate of drug-likeness (QED) is 0.734. The largest absolute Gasteiger partial charge is 0.445 e. The van der Waals surface area contributed by atoms with Crippen LogP contribution in [-0.2, 0) is 25.7 Å². The third kappa shape index (κ3) is 4.55. The third-order valence-corrected chi connectivity index (χ3v) is 4.44. The van der Waals surface area contributed by atoms with Gasteiger partial charge in [0.1, 0.15) is 31.4 Å². The second-order valence-electron chi connectivity index (χ2n) is 6.74. The van der Waals surface area contributed by atoms with Crippen LogP contribution in [0, 0.1) is 0 Å².